The van der Waals surface area contributed by atoms with Gasteiger partial charge in [0, 0.05) is 21.2 Å². The van der Waals surface area contributed by atoms with Crippen molar-refractivity contribution in [2.45, 2.75) is 6.92 Å². The molecule has 0 saturated heterocycles. The van der Waals surface area contributed by atoms with E-state index in [1.54, 1.807) is 42.5 Å². The van der Waals surface area contributed by atoms with Crippen LogP contribution in [0.4, 0.5) is 11.4 Å². The van der Waals surface area contributed by atoms with Gasteiger partial charge >= 0.3 is 0 Å². The summed E-state index contributed by atoms with van der Waals surface area (Å²) in [6, 6.07) is 15.2. The highest BCUT2D eigenvalue weighted by Crippen LogP contribution is 2.39. The standard InChI is InChI=1S/C22H15BrN2O3/c1-11-6-8-12(9-7-11)22(28)25-16-10-15(23)19(24)18-17(16)20(26)13-4-2-3-5-14(13)21(18)27/h2-10H,24H2,1H3,(H,25,28). The number of benzene rings is 3. The number of fused-ring (bicyclic) bond motifs is 2. The molecular formula is C22H15BrN2O3. The maximum absolute atomic E-state index is 13.1. The molecule has 5 nitrogen and oxygen atoms in total. The lowest BCUT2D eigenvalue weighted by Crippen LogP contribution is -2.25. The molecule has 0 aromatic heterocycles. The molecule has 4 rings (SSSR count). The summed E-state index contributed by atoms with van der Waals surface area (Å²) in [5, 5.41) is 2.76. The Morgan fingerprint density at radius 1 is 0.929 bits per heavy atom. The van der Waals surface area contributed by atoms with Gasteiger partial charge < -0.3 is 11.1 Å². The Morgan fingerprint density at radius 3 is 2.11 bits per heavy atom. The molecule has 1 aliphatic rings. The second kappa shape index (κ2) is 6.73. The first kappa shape index (κ1) is 18.1. The van der Waals surface area contributed by atoms with E-state index in [1.165, 1.54) is 0 Å². The molecule has 6 heteroatoms. The minimum Gasteiger partial charge on any atom is -0.397 e. The van der Waals surface area contributed by atoms with Gasteiger partial charge in [0.05, 0.1) is 22.5 Å². The van der Waals surface area contributed by atoms with Crippen molar-refractivity contribution >= 4 is 44.8 Å². The first-order valence-electron chi connectivity index (χ1n) is 8.57. The van der Waals surface area contributed by atoms with Gasteiger partial charge in [0.1, 0.15) is 0 Å². The largest absolute Gasteiger partial charge is 0.397 e. The molecule has 3 aromatic rings. The van der Waals surface area contributed by atoms with Crippen molar-refractivity contribution in [2.24, 2.45) is 0 Å². The molecule has 0 saturated carbocycles. The molecule has 0 radical (unpaired) electrons. The van der Waals surface area contributed by atoms with Gasteiger partial charge in [-0.1, -0.05) is 42.0 Å². The van der Waals surface area contributed by atoms with Crippen LogP contribution in [0.2, 0.25) is 0 Å². The van der Waals surface area contributed by atoms with Crippen molar-refractivity contribution in [3.8, 4) is 0 Å². The molecule has 3 aromatic carbocycles. The van der Waals surface area contributed by atoms with Gasteiger partial charge in [0.15, 0.2) is 11.6 Å². The van der Waals surface area contributed by atoms with Crippen LogP contribution < -0.4 is 11.1 Å². The summed E-state index contributed by atoms with van der Waals surface area (Å²) in [4.78, 5) is 38.8. The maximum atomic E-state index is 13.1. The molecule has 0 heterocycles. The fourth-order valence-corrected chi connectivity index (χ4v) is 3.71. The lowest BCUT2D eigenvalue weighted by molar-refractivity contribution is 0.0979. The van der Waals surface area contributed by atoms with Crippen LogP contribution >= 0.6 is 15.9 Å². The number of carbonyl (C=O) groups excluding carboxylic acids is 3. The van der Waals surface area contributed by atoms with Crippen LogP contribution in [0.15, 0.2) is 59.1 Å². The molecule has 0 spiro atoms. The molecule has 0 unspecified atom stereocenters. The first-order chi connectivity index (χ1) is 13.4. The highest BCUT2D eigenvalue weighted by atomic mass is 79.9. The molecular weight excluding hydrogens is 420 g/mol. The topological polar surface area (TPSA) is 89.3 Å². The zero-order valence-corrected chi connectivity index (χ0v) is 16.5. The van der Waals surface area contributed by atoms with E-state index in [2.05, 4.69) is 21.2 Å². The number of amides is 1. The Hall–Kier alpha value is -3.25. The van der Waals surface area contributed by atoms with Crippen LogP contribution in [0, 0.1) is 6.92 Å². The quantitative estimate of drug-likeness (QED) is 0.458. The number of nitrogen functional groups attached to an aromatic ring is 1. The minimum absolute atomic E-state index is 0.109. The minimum atomic E-state index is -0.377. The normalized spacial score (nSPS) is 12.4. The SMILES string of the molecule is Cc1ccc(C(=O)Nc2cc(Br)c(N)c3c2C(=O)c2ccccc2C3=O)cc1. The number of nitrogens with one attached hydrogen (secondary N) is 1. The van der Waals surface area contributed by atoms with Crippen molar-refractivity contribution in [3.63, 3.8) is 0 Å². The third-order valence-electron chi connectivity index (χ3n) is 4.75. The van der Waals surface area contributed by atoms with Crippen LogP contribution in [0.5, 0.6) is 0 Å². The van der Waals surface area contributed by atoms with E-state index in [9.17, 15) is 14.4 Å². The Labute approximate surface area is 169 Å². The summed E-state index contributed by atoms with van der Waals surface area (Å²) in [6.45, 7) is 1.93. The second-order valence-corrected chi connectivity index (χ2v) is 7.45. The summed E-state index contributed by atoms with van der Waals surface area (Å²) in [6.07, 6.45) is 0. The van der Waals surface area contributed by atoms with Crippen LogP contribution in [0.25, 0.3) is 0 Å². The van der Waals surface area contributed by atoms with Crippen molar-refractivity contribution < 1.29 is 14.4 Å². The van der Waals surface area contributed by atoms with E-state index in [4.69, 9.17) is 5.73 Å². The number of halogens is 1. The van der Waals surface area contributed by atoms with E-state index >= 15 is 0 Å². The molecule has 0 atom stereocenters. The Bertz CT molecular complexity index is 1170. The fourth-order valence-electron chi connectivity index (χ4n) is 3.28. The molecule has 3 N–H and O–H groups in total. The molecule has 0 aliphatic heterocycles. The van der Waals surface area contributed by atoms with E-state index in [1.807, 2.05) is 19.1 Å². The summed E-state index contributed by atoms with van der Waals surface area (Å²) in [5.74, 6) is -1.06. The maximum Gasteiger partial charge on any atom is 0.255 e. The van der Waals surface area contributed by atoms with Crippen molar-refractivity contribution in [2.75, 3.05) is 11.1 Å². The number of nitrogens with two attached hydrogens (primary N) is 1. The summed E-state index contributed by atoms with van der Waals surface area (Å²) in [5.41, 5.74) is 8.83. The monoisotopic (exact) mass is 434 g/mol. The third-order valence-corrected chi connectivity index (χ3v) is 5.41. The third kappa shape index (κ3) is 2.82. The number of ketones is 2. The van der Waals surface area contributed by atoms with Gasteiger partial charge in [-0.25, -0.2) is 0 Å². The number of aryl methyl sites for hydroxylation is 1. The average molecular weight is 435 g/mol. The zero-order chi connectivity index (χ0) is 20.0. The van der Waals surface area contributed by atoms with Gasteiger partial charge in [0.25, 0.3) is 5.91 Å². The number of rotatable bonds is 2. The smallest absolute Gasteiger partial charge is 0.255 e. The van der Waals surface area contributed by atoms with Gasteiger partial charge in [-0.15, -0.1) is 0 Å². The lowest BCUT2D eigenvalue weighted by Gasteiger charge is -2.22. The molecule has 0 bridgehead atoms. The Morgan fingerprint density at radius 2 is 1.50 bits per heavy atom. The number of hydrogen-bond acceptors (Lipinski definition) is 4. The first-order valence-corrected chi connectivity index (χ1v) is 9.36. The van der Waals surface area contributed by atoms with E-state index in [-0.39, 0.29) is 40.0 Å². The predicted octanol–water partition coefficient (Wildman–Crippen LogP) is 4.37. The lowest BCUT2D eigenvalue weighted by atomic mass is 9.82. The molecule has 0 fully saturated rings. The number of anilines is 2. The summed E-state index contributed by atoms with van der Waals surface area (Å²) >= 11 is 3.33. The summed E-state index contributed by atoms with van der Waals surface area (Å²) in [7, 11) is 0. The average Bonchev–Trinajstić information content (AvgIpc) is 2.69. The number of hydrogen-bond donors (Lipinski definition) is 2. The van der Waals surface area contributed by atoms with Gasteiger partial charge in [0.2, 0.25) is 0 Å². The van der Waals surface area contributed by atoms with E-state index in [0.29, 0.717) is 21.2 Å². The van der Waals surface area contributed by atoms with E-state index < -0.39 is 0 Å². The molecule has 1 aliphatic carbocycles. The van der Waals surface area contributed by atoms with Crippen molar-refractivity contribution in [1.29, 1.82) is 0 Å². The van der Waals surface area contributed by atoms with Crippen LogP contribution in [0.1, 0.15) is 47.8 Å². The fraction of sp³-hybridized carbons (Fsp3) is 0.0455. The molecule has 1 amide bonds. The zero-order valence-electron chi connectivity index (χ0n) is 14.9. The van der Waals surface area contributed by atoms with Gasteiger partial charge in [-0.3, -0.25) is 14.4 Å². The summed E-state index contributed by atoms with van der Waals surface area (Å²) < 4.78 is 0.436. The van der Waals surface area contributed by atoms with Crippen molar-refractivity contribution in [1.82, 2.24) is 0 Å². The second-order valence-electron chi connectivity index (χ2n) is 6.59. The highest BCUT2D eigenvalue weighted by molar-refractivity contribution is 9.10. The van der Waals surface area contributed by atoms with Crippen molar-refractivity contribution in [3.05, 3.63) is 92.5 Å². The van der Waals surface area contributed by atoms with Crippen LogP contribution in [-0.2, 0) is 0 Å². The van der Waals surface area contributed by atoms with E-state index in [0.717, 1.165) is 5.56 Å². The molecule has 28 heavy (non-hydrogen) atoms. The van der Waals surface area contributed by atoms with Gasteiger partial charge in [-0.05, 0) is 41.1 Å². The van der Waals surface area contributed by atoms with Crippen LogP contribution in [0.3, 0.4) is 0 Å². The van der Waals surface area contributed by atoms with Gasteiger partial charge in [-0.2, -0.15) is 0 Å². The Balaban J connectivity index is 1.85. The highest BCUT2D eigenvalue weighted by Gasteiger charge is 2.34. The number of carbonyl (C=O) groups is 3. The van der Waals surface area contributed by atoms with Crippen LogP contribution in [-0.4, -0.2) is 17.5 Å². The Kier molecular flexibility index (Phi) is 4.35. The molecule has 138 valence electrons. The predicted molar refractivity (Wildman–Crippen MR) is 111 cm³/mol.